The van der Waals surface area contributed by atoms with Crippen LogP contribution in [0.1, 0.15) is 22.7 Å². The summed E-state index contributed by atoms with van der Waals surface area (Å²) in [6, 6.07) is 20.6. The van der Waals surface area contributed by atoms with E-state index in [0.717, 1.165) is 29.3 Å². The molecule has 1 N–H and O–H groups in total. The van der Waals surface area contributed by atoms with Crippen LogP contribution < -0.4 is 5.32 Å². The zero-order chi connectivity index (χ0) is 18.0. The van der Waals surface area contributed by atoms with Crippen LogP contribution in [0.15, 0.2) is 70.9 Å². The molecule has 1 aromatic heterocycles. The number of nitrogens with zero attached hydrogens (tertiary/aromatic N) is 1. The first-order valence-electron chi connectivity index (χ1n) is 8.71. The Morgan fingerprint density at radius 2 is 1.77 bits per heavy atom. The van der Waals surface area contributed by atoms with E-state index >= 15 is 0 Å². The molecule has 0 aliphatic rings. The molecule has 1 heterocycles. The molecule has 0 saturated heterocycles. The maximum atomic E-state index is 12.1. The number of nitrogens with one attached hydrogen (secondary N) is 1. The normalized spacial score (nSPS) is 10.6. The molecule has 3 nitrogen and oxygen atoms in total. The van der Waals surface area contributed by atoms with Crippen LogP contribution in [0.2, 0.25) is 0 Å². The number of carbonyl (C=O) groups is 1. The van der Waals surface area contributed by atoms with Crippen molar-refractivity contribution in [1.82, 2.24) is 10.3 Å². The largest absolute Gasteiger partial charge is 0.356 e. The van der Waals surface area contributed by atoms with Crippen LogP contribution in [0.25, 0.3) is 0 Å². The summed E-state index contributed by atoms with van der Waals surface area (Å²) in [5, 5.41) is 6.03. The molecular formula is C21H22N2OS2. The van der Waals surface area contributed by atoms with Crippen molar-refractivity contribution in [2.45, 2.75) is 24.2 Å². The van der Waals surface area contributed by atoms with Gasteiger partial charge in [-0.2, -0.15) is 0 Å². The maximum absolute atomic E-state index is 12.1. The van der Waals surface area contributed by atoms with Crippen molar-refractivity contribution in [3.05, 3.63) is 82.3 Å². The van der Waals surface area contributed by atoms with Crippen LogP contribution in [-0.4, -0.2) is 23.2 Å². The van der Waals surface area contributed by atoms with Gasteiger partial charge in [0.25, 0.3) is 0 Å². The van der Waals surface area contributed by atoms with Crippen molar-refractivity contribution >= 4 is 29.0 Å². The second kappa shape index (κ2) is 10.1. The fourth-order valence-corrected chi connectivity index (χ4v) is 4.22. The minimum absolute atomic E-state index is 0.0475. The molecule has 0 saturated carbocycles. The zero-order valence-corrected chi connectivity index (χ0v) is 16.2. The number of rotatable bonds is 9. The van der Waals surface area contributed by atoms with Crippen LogP contribution in [0.3, 0.4) is 0 Å². The van der Waals surface area contributed by atoms with Gasteiger partial charge in [-0.15, -0.1) is 23.1 Å². The fraction of sp³-hybridized carbons (Fsp3) is 0.238. The molecule has 0 unspecified atom stereocenters. The standard InChI is InChI=1S/C21H22N2OS2/c24-20(22-12-7-13-25-19-10-5-2-6-11-19)15-18-16-26-21(23-18)14-17-8-3-1-4-9-17/h1-6,8-11,16H,7,12-15H2,(H,22,24). The topological polar surface area (TPSA) is 42.0 Å². The Morgan fingerprint density at radius 1 is 1.04 bits per heavy atom. The second-order valence-electron chi connectivity index (χ2n) is 5.94. The van der Waals surface area contributed by atoms with Crippen molar-refractivity contribution in [2.75, 3.05) is 12.3 Å². The Bertz CT molecular complexity index is 803. The van der Waals surface area contributed by atoms with E-state index in [1.165, 1.54) is 10.5 Å². The third-order valence-electron chi connectivity index (χ3n) is 3.79. The number of thioether (sulfide) groups is 1. The Labute approximate surface area is 162 Å². The molecule has 0 spiro atoms. The molecule has 134 valence electrons. The molecule has 0 aliphatic heterocycles. The molecular weight excluding hydrogens is 360 g/mol. The van der Waals surface area contributed by atoms with E-state index in [9.17, 15) is 4.79 Å². The molecule has 1 amide bonds. The summed E-state index contributed by atoms with van der Waals surface area (Å²) in [5.41, 5.74) is 2.10. The van der Waals surface area contributed by atoms with E-state index in [4.69, 9.17) is 0 Å². The lowest BCUT2D eigenvalue weighted by atomic mass is 10.2. The maximum Gasteiger partial charge on any atom is 0.226 e. The molecule has 0 radical (unpaired) electrons. The second-order valence-corrected chi connectivity index (χ2v) is 8.05. The molecule has 0 aliphatic carbocycles. The van der Waals surface area contributed by atoms with E-state index in [0.29, 0.717) is 13.0 Å². The zero-order valence-electron chi connectivity index (χ0n) is 14.6. The summed E-state index contributed by atoms with van der Waals surface area (Å²) >= 11 is 3.44. The Balaban J connectivity index is 1.34. The van der Waals surface area contributed by atoms with E-state index in [-0.39, 0.29) is 5.91 Å². The molecule has 2 aromatic carbocycles. The Kier molecular flexibility index (Phi) is 7.28. The number of carbonyl (C=O) groups excluding carboxylic acids is 1. The van der Waals surface area contributed by atoms with E-state index in [1.807, 2.05) is 53.5 Å². The van der Waals surface area contributed by atoms with Gasteiger partial charge >= 0.3 is 0 Å². The predicted molar refractivity (Wildman–Crippen MR) is 110 cm³/mol. The van der Waals surface area contributed by atoms with Crippen LogP contribution in [0.5, 0.6) is 0 Å². The highest BCUT2D eigenvalue weighted by Crippen LogP contribution is 2.17. The average molecular weight is 383 g/mol. The van der Waals surface area contributed by atoms with Crippen molar-refractivity contribution in [1.29, 1.82) is 0 Å². The van der Waals surface area contributed by atoms with Crippen LogP contribution >= 0.6 is 23.1 Å². The van der Waals surface area contributed by atoms with Gasteiger partial charge in [0.2, 0.25) is 5.91 Å². The number of hydrogen-bond donors (Lipinski definition) is 1. The summed E-state index contributed by atoms with van der Waals surface area (Å²) in [5.74, 6) is 1.05. The van der Waals surface area contributed by atoms with Gasteiger partial charge in [0.1, 0.15) is 0 Å². The van der Waals surface area contributed by atoms with Gasteiger partial charge in [-0.1, -0.05) is 48.5 Å². The molecule has 0 bridgehead atoms. The summed E-state index contributed by atoms with van der Waals surface area (Å²) < 4.78 is 0. The van der Waals surface area contributed by atoms with Gasteiger partial charge < -0.3 is 5.32 Å². The number of aromatic nitrogens is 1. The van der Waals surface area contributed by atoms with Crippen LogP contribution in [0.4, 0.5) is 0 Å². The Hall–Kier alpha value is -2.11. The third kappa shape index (κ3) is 6.32. The first kappa shape index (κ1) is 18.7. The fourth-order valence-electron chi connectivity index (χ4n) is 2.52. The van der Waals surface area contributed by atoms with Gasteiger partial charge in [-0.3, -0.25) is 4.79 Å². The van der Waals surface area contributed by atoms with Crippen molar-refractivity contribution in [3.63, 3.8) is 0 Å². The summed E-state index contributed by atoms with van der Waals surface area (Å²) in [6.07, 6.45) is 2.14. The minimum atomic E-state index is 0.0475. The van der Waals surface area contributed by atoms with Gasteiger partial charge in [0, 0.05) is 23.2 Å². The summed E-state index contributed by atoms with van der Waals surface area (Å²) in [4.78, 5) is 17.9. The van der Waals surface area contributed by atoms with Crippen molar-refractivity contribution in [3.8, 4) is 0 Å². The molecule has 0 atom stereocenters. The molecule has 3 aromatic rings. The summed E-state index contributed by atoms with van der Waals surface area (Å²) in [7, 11) is 0. The van der Waals surface area contributed by atoms with E-state index < -0.39 is 0 Å². The molecule has 26 heavy (non-hydrogen) atoms. The smallest absolute Gasteiger partial charge is 0.226 e. The van der Waals surface area contributed by atoms with Gasteiger partial charge in [-0.05, 0) is 29.9 Å². The Morgan fingerprint density at radius 3 is 2.54 bits per heavy atom. The van der Waals surface area contributed by atoms with Crippen LogP contribution in [-0.2, 0) is 17.6 Å². The third-order valence-corrected chi connectivity index (χ3v) is 5.79. The molecule has 3 rings (SSSR count). The number of benzene rings is 2. The number of amides is 1. The quantitative estimate of drug-likeness (QED) is 0.435. The molecule has 0 fully saturated rings. The highest BCUT2D eigenvalue weighted by atomic mass is 32.2. The monoisotopic (exact) mass is 382 g/mol. The lowest BCUT2D eigenvalue weighted by Gasteiger charge is -2.04. The number of hydrogen-bond acceptors (Lipinski definition) is 4. The highest BCUT2D eigenvalue weighted by molar-refractivity contribution is 7.99. The lowest BCUT2D eigenvalue weighted by molar-refractivity contribution is -0.120. The SMILES string of the molecule is O=C(Cc1csc(Cc2ccccc2)n1)NCCCSc1ccccc1. The first-order chi connectivity index (χ1) is 12.8. The highest BCUT2D eigenvalue weighted by Gasteiger charge is 2.08. The summed E-state index contributed by atoms with van der Waals surface area (Å²) in [6.45, 7) is 0.708. The van der Waals surface area contributed by atoms with Gasteiger partial charge in [0.05, 0.1) is 17.1 Å². The first-order valence-corrected chi connectivity index (χ1v) is 10.6. The average Bonchev–Trinajstić information content (AvgIpc) is 3.10. The predicted octanol–water partition coefficient (Wildman–Crippen LogP) is 4.58. The van der Waals surface area contributed by atoms with Crippen molar-refractivity contribution in [2.24, 2.45) is 0 Å². The van der Waals surface area contributed by atoms with Crippen molar-refractivity contribution < 1.29 is 4.79 Å². The molecule has 5 heteroatoms. The van der Waals surface area contributed by atoms with E-state index in [1.54, 1.807) is 11.3 Å². The van der Waals surface area contributed by atoms with Gasteiger partial charge in [-0.25, -0.2) is 4.98 Å². The lowest BCUT2D eigenvalue weighted by Crippen LogP contribution is -2.26. The number of thiazole rings is 1. The van der Waals surface area contributed by atoms with E-state index in [2.05, 4.69) is 34.6 Å². The minimum Gasteiger partial charge on any atom is -0.356 e. The van der Waals surface area contributed by atoms with Gasteiger partial charge in [0.15, 0.2) is 0 Å². The van der Waals surface area contributed by atoms with Crippen LogP contribution in [0, 0.1) is 0 Å².